The van der Waals surface area contributed by atoms with Gasteiger partial charge in [0.25, 0.3) is 0 Å². The Hall–Kier alpha value is -0.860. The van der Waals surface area contributed by atoms with Crippen molar-refractivity contribution in [1.82, 2.24) is 5.32 Å². The maximum absolute atomic E-state index is 10.9. The quantitative estimate of drug-likeness (QED) is 0.632. The number of nitrogens with zero attached hydrogens (tertiary/aromatic N) is 1. The minimum atomic E-state index is -0.177. The van der Waals surface area contributed by atoms with E-state index in [2.05, 4.69) is 24.2 Å². The minimum absolute atomic E-state index is 0.0284. The van der Waals surface area contributed by atoms with Gasteiger partial charge in [-0.25, -0.2) is 0 Å². The van der Waals surface area contributed by atoms with Gasteiger partial charge in [0.05, 0.1) is 0 Å². The van der Waals surface area contributed by atoms with Crippen molar-refractivity contribution in [2.24, 2.45) is 10.9 Å². The number of carbonyl (C=O) groups excluding carboxylic acids is 1. The van der Waals surface area contributed by atoms with Crippen molar-refractivity contribution in [3.8, 4) is 0 Å². The van der Waals surface area contributed by atoms with Gasteiger partial charge in [0.2, 0.25) is 5.91 Å². The molecule has 0 aliphatic carbocycles. The summed E-state index contributed by atoms with van der Waals surface area (Å²) >= 11 is 0. The minimum Gasteiger partial charge on any atom is -0.313 e. The molecule has 1 aliphatic rings. The maximum atomic E-state index is 10.9. The summed E-state index contributed by atoms with van der Waals surface area (Å²) in [6, 6.07) is -0.177. The lowest BCUT2D eigenvalue weighted by atomic mass is 10.1. The van der Waals surface area contributed by atoms with Crippen LogP contribution in [0.15, 0.2) is 4.99 Å². The largest absolute Gasteiger partial charge is 0.313 e. The number of amidine groups is 1. The van der Waals surface area contributed by atoms with Crippen molar-refractivity contribution in [3.05, 3.63) is 0 Å². The monoisotopic (exact) mass is 154 g/mol. The second-order valence-electron chi connectivity index (χ2n) is 3.34. The lowest BCUT2D eigenvalue weighted by molar-refractivity contribution is -0.119. The molecule has 1 heterocycles. The van der Waals surface area contributed by atoms with Crippen LogP contribution < -0.4 is 5.32 Å². The highest BCUT2D eigenvalue weighted by molar-refractivity contribution is 6.05. The molecule has 3 heteroatoms. The van der Waals surface area contributed by atoms with Crippen molar-refractivity contribution in [2.75, 3.05) is 0 Å². The average Bonchev–Trinajstić information content (AvgIpc) is 2.10. The highest BCUT2D eigenvalue weighted by Crippen LogP contribution is 2.06. The first kappa shape index (κ1) is 8.24. The predicted octanol–water partition coefficient (Wildman–Crippen LogP) is 0.949. The number of hydrogen-bond acceptors (Lipinski definition) is 2. The van der Waals surface area contributed by atoms with Crippen molar-refractivity contribution >= 4 is 11.7 Å². The molecule has 3 nitrogen and oxygen atoms in total. The van der Waals surface area contributed by atoms with E-state index in [1.807, 2.05) is 6.92 Å². The molecular weight excluding hydrogens is 140 g/mol. The summed E-state index contributed by atoms with van der Waals surface area (Å²) in [6.45, 7) is 6.03. The smallest absolute Gasteiger partial charge is 0.249 e. The van der Waals surface area contributed by atoms with Gasteiger partial charge in [-0.05, 0) is 12.8 Å². The number of hydrogen-bond donors (Lipinski definition) is 1. The molecule has 0 bridgehead atoms. The van der Waals surface area contributed by atoms with Gasteiger partial charge in [-0.15, -0.1) is 0 Å². The average molecular weight is 154 g/mol. The first-order valence-electron chi connectivity index (χ1n) is 3.97. The van der Waals surface area contributed by atoms with Crippen LogP contribution >= 0.6 is 0 Å². The van der Waals surface area contributed by atoms with E-state index in [0.29, 0.717) is 5.92 Å². The van der Waals surface area contributed by atoms with Gasteiger partial charge in [0.1, 0.15) is 11.9 Å². The zero-order chi connectivity index (χ0) is 8.43. The molecule has 1 unspecified atom stereocenters. The molecule has 1 amide bonds. The maximum Gasteiger partial charge on any atom is 0.249 e. The Bertz CT molecular complexity index is 196. The topological polar surface area (TPSA) is 41.5 Å². The molecule has 1 N–H and O–H groups in total. The Kier molecular flexibility index (Phi) is 2.27. The summed E-state index contributed by atoms with van der Waals surface area (Å²) in [6.07, 6.45) is 0.871. The molecule has 11 heavy (non-hydrogen) atoms. The lowest BCUT2D eigenvalue weighted by Crippen LogP contribution is -2.28. The van der Waals surface area contributed by atoms with Crippen LogP contribution in [-0.4, -0.2) is 17.8 Å². The zero-order valence-corrected chi connectivity index (χ0v) is 7.22. The van der Waals surface area contributed by atoms with E-state index in [1.165, 1.54) is 0 Å². The second kappa shape index (κ2) is 3.03. The van der Waals surface area contributed by atoms with Gasteiger partial charge >= 0.3 is 0 Å². The van der Waals surface area contributed by atoms with E-state index >= 15 is 0 Å². The third-order valence-corrected chi connectivity index (χ3v) is 1.60. The van der Waals surface area contributed by atoms with Gasteiger partial charge in [0.15, 0.2) is 0 Å². The van der Waals surface area contributed by atoms with Crippen LogP contribution in [0.2, 0.25) is 0 Å². The van der Waals surface area contributed by atoms with Crippen LogP contribution in [0.4, 0.5) is 0 Å². The van der Waals surface area contributed by atoms with Crippen LogP contribution in [0.25, 0.3) is 0 Å². The zero-order valence-electron chi connectivity index (χ0n) is 7.22. The molecule has 0 fully saturated rings. The Morgan fingerprint density at radius 3 is 2.64 bits per heavy atom. The standard InChI is InChI=1S/C8H14N2O/c1-5(2)4-7-9-6(3)8(11)10-7/h5-6H,4H2,1-3H3,(H,9,10,11). The summed E-state index contributed by atoms with van der Waals surface area (Å²) in [4.78, 5) is 15.1. The molecule has 0 aromatic carbocycles. The lowest BCUT2D eigenvalue weighted by Gasteiger charge is -2.02. The van der Waals surface area contributed by atoms with Crippen LogP contribution in [0.3, 0.4) is 0 Å². The fraction of sp³-hybridized carbons (Fsp3) is 0.750. The van der Waals surface area contributed by atoms with Crippen LogP contribution in [0.5, 0.6) is 0 Å². The van der Waals surface area contributed by atoms with Gasteiger partial charge in [0, 0.05) is 6.42 Å². The first-order valence-corrected chi connectivity index (χ1v) is 3.97. The highest BCUT2D eigenvalue weighted by Gasteiger charge is 2.21. The summed E-state index contributed by atoms with van der Waals surface area (Å²) in [5, 5.41) is 2.75. The molecule has 1 aliphatic heterocycles. The van der Waals surface area contributed by atoms with E-state index in [9.17, 15) is 4.79 Å². The van der Waals surface area contributed by atoms with Gasteiger partial charge < -0.3 is 5.32 Å². The Morgan fingerprint density at radius 1 is 1.64 bits per heavy atom. The van der Waals surface area contributed by atoms with E-state index in [4.69, 9.17) is 0 Å². The Balaban J connectivity index is 2.50. The number of aliphatic imine (C=N–C) groups is 1. The normalized spacial score (nSPS) is 23.8. The van der Waals surface area contributed by atoms with E-state index < -0.39 is 0 Å². The summed E-state index contributed by atoms with van der Waals surface area (Å²) in [5.74, 6) is 1.43. The first-order chi connectivity index (χ1) is 5.09. The van der Waals surface area contributed by atoms with Gasteiger partial charge in [-0.2, -0.15) is 0 Å². The number of amides is 1. The van der Waals surface area contributed by atoms with Crippen molar-refractivity contribution in [2.45, 2.75) is 33.2 Å². The summed E-state index contributed by atoms with van der Waals surface area (Å²) < 4.78 is 0. The number of rotatable bonds is 2. The fourth-order valence-corrected chi connectivity index (χ4v) is 1.06. The summed E-state index contributed by atoms with van der Waals surface area (Å²) in [5.41, 5.74) is 0. The molecule has 0 radical (unpaired) electrons. The molecule has 0 spiro atoms. The molecule has 62 valence electrons. The second-order valence-corrected chi connectivity index (χ2v) is 3.34. The van der Waals surface area contributed by atoms with Crippen LogP contribution in [-0.2, 0) is 4.79 Å². The van der Waals surface area contributed by atoms with E-state index in [1.54, 1.807) is 0 Å². The molecule has 0 saturated carbocycles. The fourth-order valence-electron chi connectivity index (χ4n) is 1.06. The molecule has 1 rings (SSSR count). The van der Waals surface area contributed by atoms with Gasteiger partial charge in [-0.1, -0.05) is 13.8 Å². The van der Waals surface area contributed by atoms with Gasteiger partial charge in [-0.3, -0.25) is 9.79 Å². The molecule has 0 aromatic heterocycles. The van der Waals surface area contributed by atoms with Crippen molar-refractivity contribution in [1.29, 1.82) is 0 Å². The van der Waals surface area contributed by atoms with Crippen molar-refractivity contribution in [3.63, 3.8) is 0 Å². The van der Waals surface area contributed by atoms with E-state index in [-0.39, 0.29) is 11.9 Å². The van der Waals surface area contributed by atoms with Crippen LogP contribution in [0.1, 0.15) is 27.2 Å². The molecular formula is C8H14N2O. The van der Waals surface area contributed by atoms with Crippen LogP contribution in [0, 0.1) is 5.92 Å². The number of carbonyl (C=O) groups is 1. The predicted molar refractivity (Wildman–Crippen MR) is 44.5 cm³/mol. The number of nitrogens with one attached hydrogen (secondary N) is 1. The third kappa shape index (κ3) is 2.03. The third-order valence-electron chi connectivity index (χ3n) is 1.60. The SMILES string of the molecule is CC(C)CC1=NC(C)C(=O)N1. The van der Waals surface area contributed by atoms with Crippen molar-refractivity contribution < 1.29 is 4.79 Å². The Morgan fingerprint density at radius 2 is 2.27 bits per heavy atom. The molecule has 0 aromatic rings. The Labute approximate surface area is 66.9 Å². The summed E-state index contributed by atoms with van der Waals surface area (Å²) in [7, 11) is 0. The molecule has 0 saturated heterocycles. The molecule has 1 atom stereocenters. The highest BCUT2D eigenvalue weighted by atomic mass is 16.2. The van der Waals surface area contributed by atoms with E-state index in [0.717, 1.165) is 12.3 Å².